The summed E-state index contributed by atoms with van der Waals surface area (Å²) in [6, 6.07) is 5.13. The molecule has 2 N–H and O–H groups in total. The summed E-state index contributed by atoms with van der Waals surface area (Å²) >= 11 is 0. The van der Waals surface area contributed by atoms with Gasteiger partial charge in [-0.25, -0.2) is 5.43 Å². The van der Waals surface area contributed by atoms with E-state index in [2.05, 4.69) is 17.5 Å². The first-order valence-electron chi connectivity index (χ1n) is 11.4. The second kappa shape index (κ2) is 16.9. The number of hydrogen-bond acceptors (Lipinski definition) is 4. The van der Waals surface area contributed by atoms with Gasteiger partial charge in [0.15, 0.2) is 11.5 Å². The van der Waals surface area contributed by atoms with Crippen molar-refractivity contribution in [2.24, 2.45) is 5.10 Å². The number of carbonyl (C=O) groups excluding carboxylic acids is 1. The molecule has 0 fully saturated rings. The Bertz CT molecular complexity index is 587. The number of nitrogens with one attached hydrogen (secondary N) is 1. The number of nitrogens with zero attached hydrogens (tertiary/aromatic N) is 1. The number of carbonyl (C=O) groups is 1. The molecule has 0 heterocycles. The molecule has 0 aliphatic heterocycles. The van der Waals surface area contributed by atoms with Gasteiger partial charge in [0.25, 0.3) is 0 Å². The number of phenolic OH excluding ortho intramolecular Hbond substituents is 1. The number of rotatable bonds is 17. The van der Waals surface area contributed by atoms with Crippen LogP contribution < -0.4 is 10.2 Å². The number of ether oxygens (including phenoxy) is 1. The number of aromatic hydroxyl groups is 1. The Kier molecular flexibility index (Phi) is 14.5. The van der Waals surface area contributed by atoms with Gasteiger partial charge in [-0.05, 0) is 18.6 Å². The van der Waals surface area contributed by atoms with Gasteiger partial charge in [-0.2, -0.15) is 5.10 Å². The number of phenols is 1. The Morgan fingerprint density at radius 2 is 1.52 bits per heavy atom. The topological polar surface area (TPSA) is 70.9 Å². The van der Waals surface area contributed by atoms with Gasteiger partial charge in [-0.15, -0.1) is 0 Å². The van der Waals surface area contributed by atoms with Gasteiger partial charge in [0.1, 0.15) is 0 Å². The van der Waals surface area contributed by atoms with Crippen molar-refractivity contribution in [3.63, 3.8) is 0 Å². The summed E-state index contributed by atoms with van der Waals surface area (Å²) in [6.07, 6.45) is 18.7. The van der Waals surface area contributed by atoms with Crippen molar-refractivity contribution in [3.05, 3.63) is 23.8 Å². The molecule has 29 heavy (non-hydrogen) atoms. The predicted octanol–water partition coefficient (Wildman–Crippen LogP) is 6.33. The molecule has 0 aliphatic rings. The molecule has 1 aromatic carbocycles. The molecule has 0 saturated carbocycles. The van der Waals surface area contributed by atoms with E-state index in [4.69, 9.17) is 4.74 Å². The monoisotopic (exact) mass is 404 g/mol. The maximum Gasteiger partial charge on any atom is 0.240 e. The van der Waals surface area contributed by atoms with Crippen molar-refractivity contribution in [2.45, 2.75) is 96.8 Å². The number of para-hydroxylation sites is 1. The molecule has 0 radical (unpaired) electrons. The zero-order valence-corrected chi connectivity index (χ0v) is 18.4. The first-order valence-corrected chi connectivity index (χ1v) is 11.4. The molecule has 0 atom stereocenters. The van der Waals surface area contributed by atoms with Crippen LogP contribution in [0.1, 0.15) is 102 Å². The molecule has 0 bridgehead atoms. The minimum atomic E-state index is -0.0910. The lowest BCUT2D eigenvalue weighted by molar-refractivity contribution is -0.121. The van der Waals surface area contributed by atoms with Crippen LogP contribution in [-0.4, -0.2) is 24.3 Å². The Hall–Kier alpha value is -2.04. The number of hydrazone groups is 1. The van der Waals surface area contributed by atoms with E-state index in [0.717, 1.165) is 12.8 Å². The van der Waals surface area contributed by atoms with Crippen LogP contribution in [0, 0.1) is 0 Å². The summed E-state index contributed by atoms with van der Waals surface area (Å²) in [5.41, 5.74) is 3.02. The number of benzene rings is 1. The molecule has 1 aromatic rings. The summed E-state index contributed by atoms with van der Waals surface area (Å²) in [7, 11) is 1.49. The summed E-state index contributed by atoms with van der Waals surface area (Å²) < 4.78 is 5.04. The zero-order chi connectivity index (χ0) is 21.2. The summed E-state index contributed by atoms with van der Waals surface area (Å²) in [4.78, 5) is 11.8. The number of unbranched alkanes of at least 4 members (excludes halogenated alkanes) is 12. The highest BCUT2D eigenvalue weighted by atomic mass is 16.5. The average molecular weight is 405 g/mol. The predicted molar refractivity (Wildman–Crippen MR) is 121 cm³/mol. The van der Waals surface area contributed by atoms with Crippen LogP contribution in [0.15, 0.2) is 23.3 Å². The van der Waals surface area contributed by atoms with Crippen LogP contribution in [0.3, 0.4) is 0 Å². The van der Waals surface area contributed by atoms with E-state index in [1.807, 2.05) is 0 Å². The van der Waals surface area contributed by atoms with Crippen LogP contribution in [0.25, 0.3) is 0 Å². The first-order chi connectivity index (χ1) is 14.2. The van der Waals surface area contributed by atoms with Gasteiger partial charge in [0.2, 0.25) is 5.91 Å². The normalized spacial score (nSPS) is 11.1. The van der Waals surface area contributed by atoms with Gasteiger partial charge < -0.3 is 9.84 Å². The fourth-order valence-electron chi connectivity index (χ4n) is 3.34. The third-order valence-electron chi connectivity index (χ3n) is 5.15. The molecule has 0 unspecified atom stereocenters. The van der Waals surface area contributed by atoms with Gasteiger partial charge in [-0.1, -0.05) is 90.0 Å². The largest absolute Gasteiger partial charge is 0.504 e. The van der Waals surface area contributed by atoms with Crippen LogP contribution in [0.2, 0.25) is 0 Å². The zero-order valence-electron chi connectivity index (χ0n) is 18.4. The van der Waals surface area contributed by atoms with E-state index >= 15 is 0 Å². The Labute approximate surface area is 176 Å². The third-order valence-corrected chi connectivity index (χ3v) is 5.15. The maximum absolute atomic E-state index is 11.8. The second-order valence-electron chi connectivity index (χ2n) is 7.68. The van der Waals surface area contributed by atoms with E-state index < -0.39 is 0 Å². The molecule has 1 rings (SSSR count). The highest BCUT2D eigenvalue weighted by molar-refractivity contribution is 5.86. The lowest BCUT2D eigenvalue weighted by Gasteiger charge is -2.05. The third kappa shape index (κ3) is 12.2. The summed E-state index contributed by atoms with van der Waals surface area (Å²) in [6.45, 7) is 2.26. The molecule has 0 saturated heterocycles. The SMILES string of the molecule is CCCCCCCCCCCCCCCC(=O)N/N=C\c1cccc(OC)c1O. The quantitative estimate of drug-likeness (QED) is 0.181. The van der Waals surface area contributed by atoms with E-state index in [1.165, 1.54) is 84.0 Å². The van der Waals surface area contributed by atoms with Crippen molar-refractivity contribution in [1.29, 1.82) is 0 Å². The summed E-state index contributed by atoms with van der Waals surface area (Å²) in [5.74, 6) is 0.309. The molecule has 0 spiro atoms. The van der Waals surface area contributed by atoms with Crippen molar-refractivity contribution in [1.82, 2.24) is 5.43 Å². The maximum atomic E-state index is 11.8. The van der Waals surface area contributed by atoms with Gasteiger partial charge in [-0.3, -0.25) is 4.79 Å². The second-order valence-corrected chi connectivity index (χ2v) is 7.68. The molecule has 5 nitrogen and oxygen atoms in total. The van der Waals surface area contributed by atoms with Crippen molar-refractivity contribution in [3.8, 4) is 11.5 Å². The van der Waals surface area contributed by atoms with Crippen molar-refractivity contribution >= 4 is 12.1 Å². The van der Waals surface area contributed by atoms with Crippen LogP contribution in [0.5, 0.6) is 11.5 Å². The van der Waals surface area contributed by atoms with Crippen molar-refractivity contribution in [2.75, 3.05) is 7.11 Å². The average Bonchev–Trinajstić information content (AvgIpc) is 2.72. The van der Waals surface area contributed by atoms with Gasteiger partial charge >= 0.3 is 0 Å². The van der Waals surface area contributed by atoms with E-state index in [0.29, 0.717) is 17.7 Å². The highest BCUT2D eigenvalue weighted by Crippen LogP contribution is 2.27. The lowest BCUT2D eigenvalue weighted by Crippen LogP contribution is -2.16. The van der Waals surface area contributed by atoms with Crippen LogP contribution in [-0.2, 0) is 4.79 Å². The molecule has 164 valence electrons. The van der Waals surface area contributed by atoms with Crippen molar-refractivity contribution < 1.29 is 14.6 Å². The Morgan fingerprint density at radius 1 is 0.966 bits per heavy atom. The van der Waals surface area contributed by atoms with Crippen LogP contribution >= 0.6 is 0 Å². The minimum absolute atomic E-state index is 0.0180. The van der Waals surface area contributed by atoms with Gasteiger partial charge in [0.05, 0.1) is 13.3 Å². The fourth-order valence-corrected chi connectivity index (χ4v) is 3.34. The standard InChI is InChI=1S/C24H40N2O3/c1-3-4-5-6-7-8-9-10-11-12-13-14-15-19-23(27)26-25-20-21-17-16-18-22(29-2)24(21)28/h16-18,20,28H,3-15,19H2,1-2H3,(H,26,27)/b25-20-. The molecule has 5 heteroatoms. The number of amides is 1. The Balaban J connectivity index is 1.98. The first kappa shape index (κ1) is 25.0. The number of methoxy groups -OCH3 is 1. The minimum Gasteiger partial charge on any atom is -0.504 e. The van der Waals surface area contributed by atoms with Gasteiger partial charge in [0, 0.05) is 12.0 Å². The molecule has 0 aromatic heterocycles. The van der Waals surface area contributed by atoms with E-state index in [1.54, 1.807) is 18.2 Å². The smallest absolute Gasteiger partial charge is 0.240 e. The number of hydrogen-bond donors (Lipinski definition) is 2. The molecule has 1 amide bonds. The Morgan fingerprint density at radius 3 is 2.07 bits per heavy atom. The van der Waals surface area contributed by atoms with E-state index in [9.17, 15) is 9.90 Å². The summed E-state index contributed by atoms with van der Waals surface area (Å²) in [5, 5.41) is 13.9. The lowest BCUT2D eigenvalue weighted by atomic mass is 10.0. The van der Waals surface area contributed by atoms with E-state index in [-0.39, 0.29) is 11.7 Å². The molecular weight excluding hydrogens is 364 g/mol. The highest BCUT2D eigenvalue weighted by Gasteiger charge is 2.05. The fraction of sp³-hybridized carbons (Fsp3) is 0.667. The molecule has 0 aliphatic carbocycles. The van der Waals surface area contributed by atoms with Crippen LogP contribution in [0.4, 0.5) is 0 Å². The molecular formula is C24H40N2O3.